The summed E-state index contributed by atoms with van der Waals surface area (Å²) in [6, 6.07) is 22.3. The van der Waals surface area contributed by atoms with Crippen molar-refractivity contribution in [1.82, 2.24) is 50.1 Å². The molecule has 0 spiro atoms. The van der Waals surface area contributed by atoms with E-state index in [1.165, 1.54) is 4.90 Å². The molecule has 396 valence electrons. The summed E-state index contributed by atoms with van der Waals surface area (Å²) in [7, 11) is 1.91. The van der Waals surface area contributed by atoms with Crippen molar-refractivity contribution in [1.29, 1.82) is 0 Å². The van der Waals surface area contributed by atoms with Crippen LogP contribution in [0.1, 0.15) is 68.9 Å². The number of likely N-dealkylation sites (tertiary alicyclic amines) is 1. The molecule has 20 nitrogen and oxygen atoms in total. The third-order valence-electron chi connectivity index (χ3n) is 15.4. The van der Waals surface area contributed by atoms with Gasteiger partial charge in [0.05, 0.1) is 35.4 Å². The molecule has 4 aliphatic heterocycles. The highest BCUT2D eigenvalue weighted by atomic mass is 16.5. The summed E-state index contributed by atoms with van der Waals surface area (Å²) in [6.45, 7) is 15.4. The Morgan fingerprint density at radius 1 is 0.880 bits per heavy atom. The average Bonchev–Trinajstić information content (AvgIpc) is 4.18. The van der Waals surface area contributed by atoms with Gasteiger partial charge in [-0.25, -0.2) is 4.98 Å². The molecule has 6 aromatic rings. The monoisotopic (exact) mass is 1020 g/mol. The number of fused-ring (bicyclic) bond motifs is 2. The number of benzene rings is 2. The van der Waals surface area contributed by atoms with Crippen molar-refractivity contribution in [2.45, 2.75) is 83.1 Å². The number of aryl methyl sites for hydroxylation is 2. The van der Waals surface area contributed by atoms with Gasteiger partial charge >= 0.3 is 0 Å². The van der Waals surface area contributed by atoms with Gasteiger partial charge in [0.1, 0.15) is 30.9 Å². The van der Waals surface area contributed by atoms with Gasteiger partial charge in [-0.05, 0) is 73.2 Å². The number of hydrogen-bond donors (Lipinski definition) is 4. The zero-order valence-electron chi connectivity index (χ0n) is 43.5. The highest BCUT2D eigenvalue weighted by molar-refractivity contribution is 5.91. The Morgan fingerprint density at radius 3 is 2.24 bits per heavy atom. The van der Waals surface area contributed by atoms with Crippen LogP contribution in [0.3, 0.4) is 0 Å². The lowest BCUT2D eigenvalue weighted by atomic mass is 9.91. The number of piperazine rings is 2. The highest BCUT2D eigenvalue weighted by Crippen LogP contribution is 2.40. The van der Waals surface area contributed by atoms with Crippen molar-refractivity contribution in [3.8, 4) is 40.0 Å². The van der Waals surface area contributed by atoms with Crippen molar-refractivity contribution in [3.63, 3.8) is 0 Å². The van der Waals surface area contributed by atoms with Crippen LogP contribution in [-0.4, -0.2) is 163 Å². The first-order valence-corrected chi connectivity index (χ1v) is 26.2. The van der Waals surface area contributed by atoms with Gasteiger partial charge in [0, 0.05) is 120 Å². The van der Waals surface area contributed by atoms with Gasteiger partial charge in [0.15, 0.2) is 11.6 Å². The summed E-state index contributed by atoms with van der Waals surface area (Å²) < 4.78 is 19.9. The fraction of sp³-hybridized carbons (Fsp3) is 0.473. The number of hydrogen-bond acceptors (Lipinski definition) is 17. The number of phenols is 1. The molecule has 8 heterocycles. The zero-order valence-corrected chi connectivity index (χ0v) is 43.5. The predicted octanol–water partition coefficient (Wildman–Crippen LogP) is 5.04. The number of β-amino-alcohol motifs (C(OH)–C–C–N with tert-alkyl or cyclic N) is 1. The van der Waals surface area contributed by atoms with Gasteiger partial charge < -0.3 is 50.0 Å². The summed E-state index contributed by atoms with van der Waals surface area (Å²) in [5, 5.41) is 41.3. The number of anilines is 3. The number of nitrogens with zero attached hydrogens (tertiary/aromatic N) is 11. The Hall–Kier alpha value is -7.29. The lowest BCUT2D eigenvalue weighted by Gasteiger charge is -2.43. The fourth-order valence-electron chi connectivity index (χ4n) is 11.4. The molecule has 5 N–H and O–H groups in total. The Morgan fingerprint density at radius 2 is 1.57 bits per heavy atom. The molecule has 2 amide bonds. The van der Waals surface area contributed by atoms with Crippen molar-refractivity contribution < 1.29 is 33.8 Å². The van der Waals surface area contributed by atoms with Crippen LogP contribution < -0.4 is 30.3 Å². The van der Waals surface area contributed by atoms with E-state index in [4.69, 9.17) is 19.7 Å². The smallest absolute Gasteiger partial charge is 0.254 e. The van der Waals surface area contributed by atoms with Crippen LogP contribution in [-0.2, 0) is 16.6 Å². The number of nitrogens with one attached hydrogen (secondary N) is 1. The molecule has 6 atom stereocenters. The van der Waals surface area contributed by atoms with E-state index in [2.05, 4.69) is 62.5 Å². The van der Waals surface area contributed by atoms with E-state index >= 15 is 0 Å². The molecule has 0 aliphatic carbocycles. The van der Waals surface area contributed by atoms with Crippen LogP contribution >= 0.6 is 0 Å². The number of ether oxygens (including phenoxy) is 2. The van der Waals surface area contributed by atoms with Gasteiger partial charge in [-0.2, -0.15) is 5.10 Å². The van der Waals surface area contributed by atoms with E-state index in [1.807, 2.05) is 94.3 Å². The number of carbonyl (C=O) groups excluding carboxylic acids is 2. The van der Waals surface area contributed by atoms with Crippen LogP contribution in [0.5, 0.6) is 17.5 Å². The normalized spacial score (nSPS) is 20.9. The number of para-hydroxylation sites is 1. The second kappa shape index (κ2) is 22.3. The molecule has 2 aromatic carbocycles. The highest BCUT2D eigenvalue weighted by Gasteiger charge is 2.44. The number of carbonyl (C=O) groups is 2. The quantitative estimate of drug-likeness (QED) is 0.0884. The first-order chi connectivity index (χ1) is 36.3. The van der Waals surface area contributed by atoms with E-state index in [1.54, 1.807) is 18.2 Å². The van der Waals surface area contributed by atoms with E-state index in [0.29, 0.717) is 54.4 Å². The number of aromatic nitrogens is 6. The molecule has 4 aliphatic rings. The van der Waals surface area contributed by atoms with E-state index in [9.17, 15) is 19.8 Å². The van der Waals surface area contributed by atoms with Crippen LogP contribution in [0.2, 0.25) is 0 Å². The summed E-state index contributed by atoms with van der Waals surface area (Å²) in [4.78, 5) is 43.6. The SMILES string of the molecule is Cc1cnn(C)c1-c1ccc([C@H](C)NC(=O)[C@@H]2C[C@@H](O)CN2C(=O)[C@H](c2cc(OCCN3CCN(CCOc4cc(N5C6CCC5CN(c5cc(-c7ccccc7O)nnc5N)C6)ccn4)CC3)no2)C(C)C)cc1. The summed E-state index contributed by atoms with van der Waals surface area (Å²) in [6.07, 6.45) is 5.10. The van der Waals surface area contributed by atoms with Crippen molar-refractivity contribution >= 4 is 29.0 Å². The van der Waals surface area contributed by atoms with Crippen molar-refractivity contribution in [2.24, 2.45) is 13.0 Å². The number of aliphatic hydroxyl groups excluding tert-OH is 1. The molecule has 2 unspecified atom stereocenters. The molecule has 4 fully saturated rings. The lowest BCUT2D eigenvalue weighted by molar-refractivity contribution is -0.141. The predicted molar refractivity (Wildman–Crippen MR) is 283 cm³/mol. The maximum absolute atomic E-state index is 14.3. The molecular formula is C55H69N13O7. The van der Waals surface area contributed by atoms with Gasteiger partial charge in [0.2, 0.25) is 17.7 Å². The Labute approximate surface area is 437 Å². The molecule has 75 heavy (non-hydrogen) atoms. The van der Waals surface area contributed by atoms with Crippen LogP contribution in [0.4, 0.5) is 17.2 Å². The van der Waals surface area contributed by atoms with Crippen molar-refractivity contribution in [2.75, 3.05) is 87.7 Å². The second-order valence-electron chi connectivity index (χ2n) is 20.8. The zero-order chi connectivity index (χ0) is 52.3. The summed E-state index contributed by atoms with van der Waals surface area (Å²) in [5.41, 5.74) is 13.6. The van der Waals surface area contributed by atoms with Gasteiger partial charge in [-0.15, -0.1) is 10.2 Å². The minimum absolute atomic E-state index is 0.0478. The van der Waals surface area contributed by atoms with Crippen LogP contribution in [0.15, 0.2) is 89.7 Å². The van der Waals surface area contributed by atoms with Gasteiger partial charge in [0.25, 0.3) is 5.88 Å². The Balaban J connectivity index is 0.656. The number of amides is 2. The minimum Gasteiger partial charge on any atom is -0.507 e. The number of nitrogens with two attached hydrogens (primary N) is 1. The first-order valence-electron chi connectivity index (χ1n) is 26.2. The van der Waals surface area contributed by atoms with Crippen LogP contribution in [0.25, 0.3) is 22.5 Å². The van der Waals surface area contributed by atoms with Crippen molar-refractivity contribution in [3.05, 3.63) is 102 Å². The van der Waals surface area contributed by atoms with E-state index < -0.39 is 18.1 Å². The molecule has 20 heteroatoms. The maximum atomic E-state index is 14.3. The van der Waals surface area contributed by atoms with E-state index in [0.717, 1.165) is 92.4 Å². The summed E-state index contributed by atoms with van der Waals surface area (Å²) in [5.74, 6) is 0.278. The lowest BCUT2D eigenvalue weighted by Crippen LogP contribution is -2.54. The van der Waals surface area contributed by atoms with Crippen LogP contribution in [0, 0.1) is 12.8 Å². The number of aliphatic hydroxyl groups is 1. The largest absolute Gasteiger partial charge is 0.507 e. The minimum atomic E-state index is -0.837. The van der Waals surface area contributed by atoms with E-state index in [-0.39, 0.29) is 54.6 Å². The summed E-state index contributed by atoms with van der Waals surface area (Å²) >= 11 is 0. The molecule has 0 radical (unpaired) electrons. The number of aromatic hydroxyl groups is 1. The van der Waals surface area contributed by atoms with Gasteiger partial charge in [-0.1, -0.05) is 50.2 Å². The molecule has 4 aromatic heterocycles. The Kier molecular flexibility index (Phi) is 15.2. The fourth-order valence-corrected chi connectivity index (χ4v) is 11.4. The Bertz CT molecular complexity index is 2910. The number of nitrogen functional groups attached to an aromatic ring is 1. The number of pyridine rings is 1. The topological polar surface area (TPSA) is 230 Å². The van der Waals surface area contributed by atoms with Gasteiger partial charge in [-0.3, -0.25) is 24.1 Å². The standard InChI is InChI=1S/C55H69N13O7/c1-34(2)51(55(72)67-33-42(69)27-46(67)54(71)59-36(4)37-10-12-38(13-11-37)52-35(3)30-58-63(52)5)48-29-50(62-75-48)74-25-23-65-20-18-64(19-21-65)22-24-73-49-26-39(16-17-57-49)68-40-14-15-41(68)32-66(31-40)45-28-44(60-61-53(45)56)43-8-6-7-9-47(43)70/h6-13,16-17,26,28-30,34,36,40-42,46,51,69-70H,14-15,18-25,27,31-33H2,1-5H3,(H2,56,61)(H,59,71)/t36-,40?,41?,42+,46-,51-/m0/s1. The third-order valence-corrected chi connectivity index (χ3v) is 15.4. The molecule has 2 bridgehead atoms. The molecule has 10 rings (SSSR count). The first kappa shape index (κ1) is 51.2. The molecular weight excluding hydrogens is 955 g/mol. The molecule has 0 saturated carbocycles. The maximum Gasteiger partial charge on any atom is 0.254 e. The number of rotatable bonds is 18. The third kappa shape index (κ3) is 11.2. The average molecular weight is 1020 g/mol. The second-order valence-corrected chi connectivity index (χ2v) is 20.8. The number of phenolic OH excluding ortho intramolecular Hbond substituents is 1. The molecule has 4 saturated heterocycles.